The molecule has 1 nitrogen and oxygen atoms in total. The minimum Gasteiger partial charge on any atom is -0.324 e. The van der Waals surface area contributed by atoms with Gasteiger partial charge in [-0.3, -0.25) is 0 Å². The lowest BCUT2D eigenvalue weighted by molar-refractivity contribution is 0.490. The summed E-state index contributed by atoms with van der Waals surface area (Å²) in [4.78, 5) is 0. The second-order valence-electron chi connectivity index (χ2n) is 4.95. The van der Waals surface area contributed by atoms with Gasteiger partial charge in [0.05, 0.1) is 0 Å². The van der Waals surface area contributed by atoms with E-state index in [9.17, 15) is 8.78 Å². The molecular formula is C15H22BrF2N. The summed E-state index contributed by atoms with van der Waals surface area (Å²) in [7, 11) is 0. The molecule has 4 heteroatoms. The molecule has 0 spiro atoms. The van der Waals surface area contributed by atoms with Gasteiger partial charge >= 0.3 is 0 Å². The molecule has 0 aromatic heterocycles. The molecule has 1 rings (SSSR count). The number of unbranched alkanes of at least 4 members (excludes halogenated alkanes) is 5. The molecule has 0 saturated heterocycles. The van der Waals surface area contributed by atoms with Crippen molar-refractivity contribution in [2.75, 3.05) is 0 Å². The molecule has 1 atom stereocenters. The third-order valence-corrected chi connectivity index (χ3v) is 3.74. The summed E-state index contributed by atoms with van der Waals surface area (Å²) < 4.78 is 27.8. The lowest BCUT2D eigenvalue weighted by atomic mass is 9.99. The van der Waals surface area contributed by atoms with Crippen LogP contribution in [0.5, 0.6) is 0 Å². The summed E-state index contributed by atoms with van der Waals surface area (Å²) in [5.74, 6) is -1.13. The third-order valence-electron chi connectivity index (χ3n) is 3.28. The van der Waals surface area contributed by atoms with E-state index in [0.717, 1.165) is 12.8 Å². The Labute approximate surface area is 122 Å². The van der Waals surface area contributed by atoms with Gasteiger partial charge in [-0.1, -0.05) is 61.4 Å². The van der Waals surface area contributed by atoms with Gasteiger partial charge in [-0.2, -0.15) is 0 Å². The summed E-state index contributed by atoms with van der Waals surface area (Å²) in [6, 6.07) is 1.97. The molecule has 0 bridgehead atoms. The van der Waals surface area contributed by atoms with Crippen LogP contribution < -0.4 is 5.73 Å². The van der Waals surface area contributed by atoms with Crippen LogP contribution in [0.15, 0.2) is 16.6 Å². The Morgan fingerprint density at radius 3 is 2.16 bits per heavy atom. The van der Waals surface area contributed by atoms with Crippen molar-refractivity contribution in [3.8, 4) is 0 Å². The average molecular weight is 334 g/mol. The van der Waals surface area contributed by atoms with E-state index < -0.39 is 17.7 Å². The molecule has 0 amide bonds. The summed E-state index contributed by atoms with van der Waals surface area (Å²) in [6.07, 6.45) is 7.49. The highest BCUT2D eigenvalue weighted by atomic mass is 79.9. The first-order valence-corrected chi connectivity index (χ1v) is 7.75. The smallest absolute Gasteiger partial charge is 0.132 e. The fourth-order valence-electron chi connectivity index (χ4n) is 2.20. The third kappa shape index (κ3) is 5.57. The number of hydrogen-bond acceptors (Lipinski definition) is 1. The van der Waals surface area contributed by atoms with Gasteiger partial charge in [0.15, 0.2) is 0 Å². The van der Waals surface area contributed by atoms with Crippen LogP contribution in [0.4, 0.5) is 8.78 Å². The zero-order valence-corrected chi connectivity index (χ0v) is 13.0. The van der Waals surface area contributed by atoms with Crippen LogP contribution in [0.25, 0.3) is 0 Å². The van der Waals surface area contributed by atoms with Gasteiger partial charge in [0.2, 0.25) is 0 Å². The minimum atomic E-state index is -0.564. The van der Waals surface area contributed by atoms with E-state index in [0.29, 0.717) is 10.9 Å². The minimum absolute atomic E-state index is 0.0109. The van der Waals surface area contributed by atoms with Crippen LogP contribution in [0.1, 0.15) is 63.5 Å². The maximum atomic E-state index is 13.7. The topological polar surface area (TPSA) is 26.0 Å². The number of halogens is 3. The number of hydrogen-bond donors (Lipinski definition) is 1. The van der Waals surface area contributed by atoms with Crippen LogP contribution in [-0.4, -0.2) is 0 Å². The highest BCUT2D eigenvalue weighted by Gasteiger charge is 2.17. The van der Waals surface area contributed by atoms with Crippen LogP contribution in [0, 0.1) is 11.6 Å². The van der Waals surface area contributed by atoms with E-state index in [4.69, 9.17) is 5.73 Å². The lowest BCUT2D eigenvalue weighted by Gasteiger charge is -2.14. The van der Waals surface area contributed by atoms with Gasteiger partial charge < -0.3 is 5.73 Å². The second-order valence-corrected chi connectivity index (χ2v) is 5.86. The number of rotatable bonds is 8. The quantitative estimate of drug-likeness (QED) is 0.626. The molecular weight excluding hydrogens is 312 g/mol. The maximum Gasteiger partial charge on any atom is 0.132 e. The fraction of sp³-hybridized carbons (Fsp3) is 0.600. The van der Waals surface area contributed by atoms with Crippen molar-refractivity contribution >= 4 is 15.9 Å². The van der Waals surface area contributed by atoms with Crippen LogP contribution in [0.2, 0.25) is 0 Å². The van der Waals surface area contributed by atoms with Crippen molar-refractivity contribution in [2.45, 2.75) is 57.9 Å². The SMILES string of the molecule is CCCCCCCCC(N)c1c(F)cc(Br)cc1F. The molecule has 0 heterocycles. The Morgan fingerprint density at radius 2 is 1.58 bits per heavy atom. The van der Waals surface area contributed by atoms with Crippen LogP contribution >= 0.6 is 15.9 Å². The van der Waals surface area contributed by atoms with E-state index in [-0.39, 0.29) is 5.56 Å². The van der Waals surface area contributed by atoms with E-state index >= 15 is 0 Å². The average Bonchev–Trinajstić information content (AvgIpc) is 2.32. The summed E-state index contributed by atoms with van der Waals surface area (Å²) in [5, 5.41) is 0. The molecule has 0 radical (unpaired) electrons. The Kier molecular flexibility index (Phi) is 7.54. The number of benzene rings is 1. The van der Waals surface area contributed by atoms with Gasteiger partial charge in [-0.05, 0) is 18.6 Å². The van der Waals surface area contributed by atoms with E-state index in [1.165, 1.54) is 37.8 Å². The molecule has 0 saturated carbocycles. The van der Waals surface area contributed by atoms with Gasteiger partial charge in [0.1, 0.15) is 11.6 Å². The molecule has 1 aromatic rings. The predicted octanol–water partition coefficient (Wildman–Crippen LogP) is 5.48. The Balaban J connectivity index is 2.43. The Bertz CT molecular complexity index is 373. The predicted molar refractivity (Wildman–Crippen MR) is 79.0 cm³/mol. The van der Waals surface area contributed by atoms with Crippen molar-refractivity contribution in [1.29, 1.82) is 0 Å². The van der Waals surface area contributed by atoms with Gasteiger partial charge in [0.25, 0.3) is 0 Å². The standard InChI is InChI=1S/C15H22BrF2N/c1-2-3-4-5-6-7-8-14(19)15-12(17)9-11(16)10-13(15)18/h9-10,14H,2-8,19H2,1H3. The highest BCUT2D eigenvalue weighted by Crippen LogP contribution is 2.26. The largest absolute Gasteiger partial charge is 0.324 e. The van der Waals surface area contributed by atoms with Crippen molar-refractivity contribution in [2.24, 2.45) is 5.73 Å². The first-order chi connectivity index (χ1) is 9.06. The molecule has 1 aromatic carbocycles. The molecule has 2 N–H and O–H groups in total. The molecule has 0 aliphatic heterocycles. The first-order valence-electron chi connectivity index (χ1n) is 6.96. The molecule has 0 fully saturated rings. The van der Waals surface area contributed by atoms with Gasteiger partial charge in [-0.15, -0.1) is 0 Å². The van der Waals surface area contributed by atoms with Gasteiger partial charge in [-0.25, -0.2) is 8.78 Å². The molecule has 0 aliphatic rings. The maximum absolute atomic E-state index is 13.7. The van der Waals surface area contributed by atoms with Crippen LogP contribution in [-0.2, 0) is 0 Å². The monoisotopic (exact) mass is 333 g/mol. The van der Waals surface area contributed by atoms with Crippen molar-refractivity contribution in [1.82, 2.24) is 0 Å². The van der Waals surface area contributed by atoms with E-state index in [1.54, 1.807) is 0 Å². The van der Waals surface area contributed by atoms with Crippen molar-refractivity contribution < 1.29 is 8.78 Å². The zero-order chi connectivity index (χ0) is 14.3. The van der Waals surface area contributed by atoms with Gasteiger partial charge in [0, 0.05) is 16.1 Å². The number of nitrogens with two attached hydrogens (primary N) is 1. The van der Waals surface area contributed by atoms with Crippen LogP contribution in [0.3, 0.4) is 0 Å². The zero-order valence-electron chi connectivity index (χ0n) is 11.4. The normalized spacial score (nSPS) is 12.7. The summed E-state index contributed by atoms with van der Waals surface area (Å²) in [5.41, 5.74) is 5.90. The Morgan fingerprint density at radius 1 is 1.05 bits per heavy atom. The van der Waals surface area contributed by atoms with E-state index in [1.807, 2.05) is 0 Å². The highest BCUT2D eigenvalue weighted by molar-refractivity contribution is 9.10. The fourth-order valence-corrected chi connectivity index (χ4v) is 2.60. The Hall–Kier alpha value is -0.480. The van der Waals surface area contributed by atoms with Crippen molar-refractivity contribution in [3.05, 3.63) is 33.8 Å². The molecule has 19 heavy (non-hydrogen) atoms. The second kappa shape index (κ2) is 8.64. The lowest BCUT2D eigenvalue weighted by Crippen LogP contribution is -2.14. The summed E-state index contributed by atoms with van der Waals surface area (Å²) >= 11 is 3.06. The van der Waals surface area contributed by atoms with Crippen molar-refractivity contribution in [3.63, 3.8) is 0 Å². The molecule has 108 valence electrons. The summed E-state index contributed by atoms with van der Waals surface area (Å²) in [6.45, 7) is 2.18. The molecule has 0 aliphatic carbocycles. The molecule has 1 unspecified atom stereocenters. The van der Waals surface area contributed by atoms with E-state index in [2.05, 4.69) is 22.9 Å². The first kappa shape index (κ1) is 16.6.